The van der Waals surface area contributed by atoms with Crippen molar-refractivity contribution < 1.29 is 48.3 Å². The third-order valence-corrected chi connectivity index (χ3v) is 12.7. The van der Waals surface area contributed by atoms with Crippen molar-refractivity contribution in [1.29, 1.82) is 0 Å². The average Bonchev–Trinajstić information content (AvgIpc) is 3.78. The topological polar surface area (TPSA) is 229 Å². The van der Waals surface area contributed by atoms with E-state index in [1.54, 1.807) is 49.1 Å². The van der Waals surface area contributed by atoms with Crippen LogP contribution in [0.25, 0.3) is 0 Å². The lowest BCUT2D eigenvalue weighted by Gasteiger charge is -2.36. The smallest absolute Gasteiger partial charge is 0.324 e. The van der Waals surface area contributed by atoms with Crippen LogP contribution in [-0.2, 0) is 44.8 Å². The second-order valence-electron chi connectivity index (χ2n) is 17.9. The number of nitrogens with zero attached hydrogens (tertiary/aromatic N) is 6. The normalized spacial score (nSPS) is 18.2. The number of likely N-dealkylation sites (N-methyl/N-ethyl adjacent to an activating group) is 4. The summed E-state index contributed by atoms with van der Waals surface area (Å²) in [6.07, 6.45) is 2.37. The fourth-order valence-corrected chi connectivity index (χ4v) is 8.26. The highest BCUT2D eigenvalue weighted by atomic mass is 16.3. The van der Waals surface area contributed by atoms with E-state index >= 15 is 0 Å². The predicted molar refractivity (Wildman–Crippen MR) is 242 cm³/mol. The summed E-state index contributed by atoms with van der Waals surface area (Å²) in [7, 11) is 5.65. The second-order valence-corrected chi connectivity index (χ2v) is 17.9. The maximum absolute atomic E-state index is 14.5. The van der Waals surface area contributed by atoms with Gasteiger partial charge >= 0.3 is 6.03 Å². The molecule has 0 unspecified atom stereocenters. The van der Waals surface area contributed by atoms with Gasteiger partial charge in [-0.15, -0.1) is 0 Å². The van der Waals surface area contributed by atoms with E-state index in [4.69, 9.17) is 0 Å². The van der Waals surface area contributed by atoms with Gasteiger partial charge in [0.2, 0.25) is 41.4 Å². The molecule has 2 fully saturated rings. The first-order valence-electron chi connectivity index (χ1n) is 22.8. The van der Waals surface area contributed by atoms with E-state index < -0.39 is 95.8 Å². The van der Waals surface area contributed by atoms with Crippen molar-refractivity contribution in [2.24, 2.45) is 5.92 Å². The first kappa shape index (κ1) is 53.7. The molecule has 0 aromatic heterocycles. The molecular weight excluding hydrogens is 839 g/mol. The van der Waals surface area contributed by atoms with Crippen molar-refractivity contribution in [1.82, 2.24) is 45.3 Å². The minimum absolute atomic E-state index is 0.00882. The highest BCUT2D eigenvalue weighted by molar-refractivity contribution is 6.00. The van der Waals surface area contributed by atoms with Gasteiger partial charge in [-0.1, -0.05) is 51.1 Å². The molecular formula is C46H73N9O10. The molecule has 2 aliphatic heterocycles. The standard InChI is InChI=1S/C46H73N9O10/c1-12-35(52(10)43(62)30(5)51(9)42(61)29(4)50(8)32(7)57)39(58)48-38(31(6)56)45(64)53(11)37(27-33-20-15-13-16-21-33)41(60)47-34(26-28(2)3)44(63)55-25-19-22-36(55)40(59)49-46(65)54-23-17-14-18-24-54/h13,15-16,20-21,28-31,34-38,56H,12,14,17-19,22-27H2,1-11H3,(H,47,60)(H,48,58)(H,49,59,65)/t29-,30-,31+,34-,35-,36-,37-,38-/m0/s1. The largest absolute Gasteiger partial charge is 0.391 e. The van der Waals surface area contributed by atoms with Crippen LogP contribution in [0.15, 0.2) is 30.3 Å². The van der Waals surface area contributed by atoms with Gasteiger partial charge in [-0.25, -0.2) is 4.79 Å². The second kappa shape index (κ2) is 24.6. The van der Waals surface area contributed by atoms with Crippen LogP contribution in [0.2, 0.25) is 0 Å². The molecule has 19 nitrogen and oxygen atoms in total. The molecule has 0 radical (unpaired) electrons. The number of aliphatic hydroxyl groups is 1. The van der Waals surface area contributed by atoms with Crippen molar-refractivity contribution in [3.05, 3.63) is 35.9 Å². The SMILES string of the molecule is CC[C@@H](C(=O)N[C@H](C(=O)N(C)[C@@H](Cc1ccccc1)C(=O)N[C@@H](CC(C)C)C(=O)N1CCC[C@H]1C(=O)NC(=O)N1CCCCC1)[C@@H](C)O)N(C)C(=O)[C@H](C)N(C)C(=O)[C@H](C)N(C)C(C)=O. The van der Waals surface area contributed by atoms with E-state index in [0.717, 1.165) is 29.1 Å². The fraction of sp³-hybridized carbons (Fsp3) is 0.674. The number of likely N-dealkylation sites (tertiary alicyclic amines) is 2. The number of carbonyl (C=O) groups is 9. The molecule has 0 spiro atoms. The number of benzene rings is 1. The molecule has 0 bridgehead atoms. The minimum atomic E-state index is -1.58. The van der Waals surface area contributed by atoms with Gasteiger partial charge in [0, 0.05) is 61.2 Å². The number of nitrogens with one attached hydrogen (secondary N) is 3. The summed E-state index contributed by atoms with van der Waals surface area (Å²) in [5.41, 5.74) is 0.678. The van der Waals surface area contributed by atoms with Gasteiger partial charge in [0.15, 0.2) is 0 Å². The van der Waals surface area contributed by atoms with E-state index in [1.165, 1.54) is 63.7 Å². The Balaban J connectivity index is 1.85. The van der Waals surface area contributed by atoms with Gasteiger partial charge < -0.3 is 45.1 Å². The molecule has 2 heterocycles. The summed E-state index contributed by atoms with van der Waals surface area (Å²) in [5.74, 6) is -4.85. The Bertz CT molecular complexity index is 1860. The Morgan fingerprint density at radius 2 is 1.26 bits per heavy atom. The summed E-state index contributed by atoms with van der Waals surface area (Å²) < 4.78 is 0. The number of hydrogen-bond acceptors (Lipinski definition) is 10. The van der Waals surface area contributed by atoms with E-state index in [0.29, 0.717) is 31.5 Å². The molecule has 1 aromatic rings. The summed E-state index contributed by atoms with van der Waals surface area (Å²) in [6.45, 7) is 12.4. The van der Waals surface area contributed by atoms with E-state index in [1.807, 2.05) is 13.8 Å². The Morgan fingerprint density at radius 3 is 1.82 bits per heavy atom. The molecule has 362 valence electrons. The number of urea groups is 1. The van der Waals surface area contributed by atoms with Gasteiger partial charge in [0.05, 0.1) is 6.10 Å². The lowest BCUT2D eigenvalue weighted by molar-refractivity contribution is -0.151. The van der Waals surface area contributed by atoms with E-state index in [9.17, 15) is 48.3 Å². The van der Waals surface area contributed by atoms with Gasteiger partial charge in [-0.05, 0) is 77.2 Å². The number of aliphatic hydroxyl groups excluding tert-OH is 1. The summed E-state index contributed by atoms with van der Waals surface area (Å²) >= 11 is 0. The van der Waals surface area contributed by atoms with Gasteiger partial charge in [0.1, 0.15) is 42.3 Å². The van der Waals surface area contributed by atoms with Crippen molar-refractivity contribution in [3.63, 3.8) is 0 Å². The van der Waals surface area contributed by atoms with Crippen LogP contribution in [0, 0.1) is 5.92 Å². The lowest BCUT2D eigenvalue weighted by Crippen LogP contribution is -2.62. The molecule has 3 rings (SSSR count). The first-order chi connectivity index (χ1) is 30.5. The lowest BCUT2D eigenvalue weighted by atomic mass is 9.99. The van der Waals surface area contributed by atoms with Crippen LogP contribution >= 0.6 is 0 Å². The van der Waals surface area contributed by atoms with E-state index in [2.05, 4.69) is 16.0 Å². The van der Waals surface area contributed by atoms with Crippen LogP contribution in [0.3, 0.4) is 0 Å². The number of piperidine rings is 1. The third-order valence-electron chi connectivity index (χ3n) is 12.7. The number of rotatable bonds is 19. The molecule has 8 atom stereocenters. The third kappa shape index (κ3) is 14.2. The van der Waals surface area contributed by atoms with Gasteiger partial charge in [0.25, 0.3) is 5.91 Å². The summed E-state index contributed by atoms with van der Waals surface area (Å²) in [4.78, 5) is 130. The Hall–Kier alpha value is -5.59. The highest BCUT2D eigenvalue weighted by Gasteiger charge is 2.42. The molecule has 0 aliphatic carbocycles. The monoisotopic (exact) mass is 912 g/mol. The molecule has 19 heteroatoms. The minimum Gasteiger partial charge on any atom is -0.391 e. The molecule has 4 N–H and O–H groups in total. The number of imide groups is 1. The summed E-state index contributed by atoms with van der Waals surface area (Å²) in [5, 5.41) is 18.9. The van der Waals surface area contributed by atoms with E-state index in [-0.39, 0.29) is 37.6 Å². The van der Waals surface area contributed by atoms with Crippen LogP contribution in [0.5, 0.6) is 0 Å². The Labute approximate surface area is 383 Å². The number of carbonyl (C=O) groups excluding carboxylic acids is 9. The van der Waals surface area contributed by atoms with Crippen molar-refractivity contribution in [3.8, 4) is 0 Å². The highest BCUT2D eigenvalue weighted by Crippen LogP contribution is 2.22. The van der Waals surface area contributed by atoms with Crippen LogP contribution < -0.4 is 16.0 Å². The van der Waals surface area contributed by atoms with Gasteiger partial charge in [-0.2, -0.15) is 0 Å². The van der Waals surface area contributed by atoms with Gasteiger partial charge in [-0.3, -0.25) is 43.7 Å². The zero-order valence-corrected chi connectivity index (χ0v) is 40.2. The molecule has 10 amide bonds. The first-order valence-corrected chi connectivity index (χ1v) is 22.8. The summed E-state index contributed by atoms with van der Waals surface area (Å²) in [6, 6.07) is 0.498. The molecule has 2 saturated heterocycles. The quantitative estimate of drug-likeness (QED) is 0.155. The Morgan fingerprint density at radius 1 is 0.708 bits per heavy atom. The number of amides is 10. The fourth-order valence-electron chi connectivity index (χ4n) is 8.26. The van der Waals surface area contributed by atoms with Crippen molar-refractivity contribution >= 4 is 53.3 Å². The molecule has 65 heavy (non-hydrogen) atoms. The zero-order valence-electron chi connectivity index (χ0n) is 40.2. The van der Waals surface area contributed by atoms with Crippen LogP contribution in [0.4, 0.5) is 4.79 Å². The van der Waals surface area contributed by atoms with Crippen molar-refractivity contribution in [2.75, 3.05) is 47.8 Å². The predicted octanol–water partition coefficient (Wildman–Crippen LogP) is 1.12. The van der Waals surface area contributed by atoms with Crippen LogP contribution in [-0.4, -0.2) is 184 Å². The van der Waals surface area contributed by atoms with Crippen LogP contribution in [0.1, 0.15) is 99.0 Å². The maximum atomic E-state index is 14.5. The molecule has 1 aromatic carbocycles. The average molecular weight is 912 g/mol. The zero-order chi connectivity index (χ0) is 48.9. The Kier molecular flexibility index (Phi) is 20.4. The van der Waals surface area contributed by atoms with Crippen molar-refractivity contribution in [2.45, 2.75) is 148 Å². The number of hydrogen-bond donors (Lipinski definition) is 4. The molecule has 2 aliphatic rings. The molecule has 0 saturated carbocycles. The maximum Gasteiger partial charge on any atom is 0.324 e.